The fourth-order valence-electron chi connectivity index (χ4n) is 2.89. The molecule has 2 aliphatic carbocycles. The van der Waals surface area contributed by atoms with E-state index >= 15 is 0 Å². The molecule has 1 unspecified atom stereocenters. The Balaban J connectivity index is 1.64. The van der Waals surface area contributed by atoms with E-state index in [4.69, 9.17) is 0 Å². The molecule has 2 rings (SSSR count). The van der Waals surface area contributed by atoms with Crippen molar-refractivity contribution in [2.24, 2.45) is 11.3 Å². The lowest BCUT2D eigenvalue weighted by atomic mass is 9.96. The molecule has 1 nitrogen and oxygen atoms in total. The molecule has 2 fully saturated rings. The monoisotopic (exact) mass is 209 g/mol. The molecule has 1 atom stereocenters. The molecular weight excluding hydrogens is 182 g/mol. The summed E-state index contributed by atoms with van der Waals surface area (Å²) in [5, 5.41) is 3.81. The van der Waals surface area contributed by atoms with E-state index in [1.54, 1.807) is 0 Å². The lowest BCUT2D eigenvalue weighted by molar-refractivity contribution is 0.375. The van der Waals surface area contributed by atoms with Crippen LogP contribution in [0.1, 0.15) is 65.2 Å². The van der Waals surface area contributed by atoms with Crippen molar-refractivity contribution in [1.29, 1.82) is 0 Å². The quantitative estimate of drug-likeness (QED) is 0.746. The maximum Gasteiger partial charge on any atom is 0.00671 e. The number of hydrogen-bond donors (Lipinski definition) is 1. The van der Waals surface area contributed by atoms with Gasteiger partial charge in [0.15, 0.2) is 0 Å². The molecule has 0 aliphatic heterocycles. The van der Waals surface area contributed by atoms with E-state index in [1.807, 2.05) is 0 Å². The molecule has 0 spiro atoms. The highest BCUT2D eigenvalue weighted by atomic mass is 14.9. The van der Waals surface area contributed by atoms with Crippen LogP contribution in [0.25, 0.3) is 0 Å². The van der Waals surface area contributed by atoms with Gasteiger partial charge in [0.1, 0.15) is 0 Å². The van der Waals surface area contributed by atoms with Gasteiger partial charge in [0.25, 0.3) is 0 Å². The van der Waals surface area contributed by atoms with Crippen molar-refractivity contribution in [2.45, 2.75) is 71.3 Å². The second kappa shape index (κ2) is 4.86. The van der Waals surface area contributed by atoms with Crippen molar-refractivity contribution >= 4 is 0 Å². The normalized spacial score (nSPS) is 32.0. The largest absolute Gasteiger partial charge is 0.314 e. The third kappa shape index (κ3) is 3.48. The standard InChI is InChI=1S/C14H27N/c1-14(2)10-12(14)11-15-13-8-6-4-3-5-7-9-13/h12-13,15H,3-11H2,1-2H3. The van der Waals surface area contributed by atoms with Crippen LogP contribution in [0.15, 0.2) is 0 Å². The van der Waals surface area contributed by atoms with Crippen LogP contribution in [-0.2, 0) is 0 Å². The average molecular weight is 209 g/mol. The van der Waals surface area contributed by atoms with Gasteiger partial charge in [-0.05, 0) is 37.1 Å². The lowest BCUT2D eigenvalue weighted by Crippen LogP contribution is -2.32. The van der Waals surface area contributed by atoms with E-state index in [-0.39, 0.29) is 0 Å². The first kappa shape index (κ1) is 11.4. The van der Waals surface area contributed by atoms with Crippen LogP contribution < -0.4 is 5.32 Å². The topological polar surface area (TPSA) is 12.0 Å². The van der Waals surface area contributed by atoms with Crippen LogP contribution in [0.5, 0.6) is 0 Å². The van der Waals surface area contributed by atoms with Crippen molar-refractivity contribution in [1.82, 2.24) is 5.32 Å². The minimum atomic E-state index is 0.647. The van der Waals surface area contributed by atoms with Crippen LogP contribution in [0, 0.1) is 11.3 Å². The molecule has 2 saturated carbocycles. The minimum absolute atomic E-state index is 0.647. The van der Waals surface area contributed by atoms with Gasteiger partial charge in [-0.15, -0.1) is 0 Å². The fourth-order valence-corrected chi connectivity index (χ4v) is 2.89. The molecule has 1 heteroatoms. The molecular formula is C14H27N. The Kier molecular flexibility index (Phi) is 3.71. The van der Waals surface area contributed by atoms with Crippen LogP contribution >= 0.6 is 0 Å². The summed E-state index contributed by atoms with van der Waals surface area (Å²) in [5.74, 6) is 0.961. The Hall–Kier alpha value is -0.0400. The highest BCUT2D eigenvalue weighted by Gasteiger charge is 2.44. The lowest BCUT2D eigenvalue weighted by Gasteiger charge is -2.21. The fraction of sp³-hybridized carbons (Fsp3) is 1.00. The molecule has 88 valence electrons. The predicted molar refractivity (Wildman–Crippen MR) is 66.0 cm³/mol. The van der Waals surface area contributed by atoms with Gasteiger partial charge < -0.3 is 5.32 Å². The van der Waals surface area contributed by atoms with Gasteiger partial charge in [0.2, 0.25) is 0 Å². The predicted octanol–water partition coefficient (Wildman–Crippen LogP) is 3.74. The Morgan fingerprint density at radius 1 is 1.00 bits per heavy atom. The number of rotatable bonds is 3. The molecule has 15 heavy (non-hydrogen) atoms. The Labute approximate surface area is 95.0 Å². The Bertz CT molecular complexity index is 190. The molecule has 0 bridgehead atoms. The first-order chi connectivity index (χ1) is 7.18. The van der Waals surface area contributed by atoms with Gasteiger partial charge in [-0.2, -0.15) is 0 Å². The summed E-state index contributed by atoms with van der Waals surface area (Å²) in [6.07, 6.45) is 11.6. The summed E-state index contributed by atoms with van der Waals surface area (Å²) in [6, 6.07) is 0.835. The number of hydrogen-bond acceptors (Lipinski definition) is 1. The SMILES string of the molecule is CC1(C)CC1CNC1CCCCCCC1. The van der Waals surface area contributed by atoms with Crippen LogP contribution in [0.3, 0.4) is 0 Å². The second-order valence-electron chi connectivity index (χ2n) is 6.34. The summed E-state index contributed by atoms with van der Waals surface area (Å²) in [7, 11) is 0. The highest BCUT2D eigenvalue weighted by molar-refractivity contribution is 4.96. The maximum absolute atomic E-state index is 3.81. The van der Waals surface area contributed by atoms with Gasteiger partial charge >= 0.3 is 0 Å². The first-order valence-corrected chi connectivity index (χ1v) is 6.92. The van der Waals surface area contributed by atoms with Gasteiger partial charge in [0, 0.05) is 6.04 Å². The summed E-state index contributed by atoms with van der Waals surface area (Å²) in [4.78, 5) is 0. The highest BCUT2D eigenvalue weighted by Crippen LogP contribution is 2.51. The van der Waals surface area contributed by atoms with E-state index in [0.29, 0.717) is 5.41 Å². The van der Waals surface area contributed by atoms with Crippen LogP contribution in [-0.4, -0.2) is 12.6 Å². The molecule has 0 heterocycles. The van der Waals surface area contributed by atoms with Gasteiger partial charge in [-0.1, -0.05) is 46.0 Å². The minimum Gasteiger partial charge on any atom is -0.314 e. The van der Waals surface area contributed by atoms with Gasteiger partial charge in [0.05, 0.1) is 0 Å². The van der Waals surface area contributed by atoms with E-state index < -0.39 is 0 Å². The molecule has 0 saturated heterocycles. The molecule has 0 radical (unpaired) electrons. The average Bonchev–Trinajstić information content (AvgIpc) is 2.72. The summed E-state index contributed by atoms with van der Waals surface area (Å²) in [6.45, 7) is 6.08. The molecule has 0 amide bonds. The second-order valence-corrected chi connectivity index (χ2v) is 6.34. The zero-order valence-electron chi connectivity index (χ0n) is 10.5. The third-order valence-corrected chi connectivity index (χ3v) is 4.48. The molecule has 0 aromatic rings. The molecule has 2 aliphatic rings. The summed E-state index contributed by atoms with van der Waals surface area (Å²) < 4.78 is 0. The third-order valence-electron chi connectivity index (χ3n) is 4.48. The Morgan fingerprint density at radius 3 is 2.07 bits per heavy atom. The zero-order valence-corrected chi connectivity index (χ0v) is 10.5. The zero-order chi connectivity index (χ0) is 10.7. The van der Waals surface area contributed by atoms with E-state index in [2.05, 4.69) is 19.2 Å². The van der Waals surface area contributed by atoms with Crippen LogP contribution in [0.4, 0.5) is 0 Å². The smallest absolute Gasteiger partial charge is 0.00671 e. The first-order valence-electron chi connectivity index (χ1n) is 6.92. The molecule has 0 aromatic heterocycles. The van der Waals surface area contributed by atoms with Crippen molar-refractivity contribution in [3.05, 3.63) is 0 Å². The Morgan fingerprint density at radius 2 is 1.53 bits per heavy atom. The van der Waals surface area contributed by atoms with E-state index in [1.165, 1.54) is 57.9 Å². The van der Waals surface area contributed by atoms with Crippen molar-refractivity contribution < 1.29 is 0 Å². The molecule has 0 aromatic carbocycles. The van der Waals surface area contributed by atoms with Crippen molar-refractivity contribution in [2.75, 3.05) is 6.54 Å². The molecule has 1 N–H and O–H groups in total. The van der Waals surface area contributed by atoms with Crippen molar-refractivity contribution in [3.63, 3.8) is 0 Å². The number of nitrogens with one attached hydrogen (secondary N) is 1. The van der Waals surface area contributed by atoms with Crippen molar-refractivity contribution in [3.8, 4) is 0 Å². The summed E-state index contributed by atoms with van der Waals surface area (Å²) in [5.41, 5.74) is 0.647. The maximum atomic E-state index is 3.81. The van der Waals surface area contributed by atoms with E-state index in [0.717, 1.165) is 12.0 Å². The van der Waals surface area contributed by atoms with Gasteiger partial charge in [-0.25, -0.2) is 0 Å². The van der Waals surface area contributed by atoms with E-state index in [9.17, 15) is 0 Å². The van der Waals surface area contributed by atoms with Crippen LogP contribution in [0.2, 0.25) is 0 Å². The van der Waals surface area contributed by atoms with Gasteiger partial charge in [-0.3, -0.25) is 0 Å². The summed E-state index contributed by atoms with van der Waals surface area (Å²) >= 11 is 0.